The molecule has 5 N–H and O–H groups in total. The Hall–Kier alpha value is -1.62. The van der Waals surface area contributed by atoms with Crippen molar-refractivity contribution in [3.8, 4) is 0 Å². The van der Waals surface area contributed by atoms with E-state index in [2.05, 4.69) is 5.32 Å². The quantitative estimate of drug-likeness (QED) is 0.416. The van der Waals surface area contributed by atoms with E-state index in [1.807, 2.05) is 17.5 Å². The van der Waals surface area contributed by atoms with Crippen molar-refractivity contribution in [3.05, 3.63) is 22.4 Å². The Morgan fingerprint density at radius 2 is 2.15 bits per heavy atom. The maximum atomic E-state index is 12.9. The topological polar surface area (TPSA) is 133 Å². The molecule has 1 aliphatic heterocycles. The number of carbonyl (C=O) groups excluding carboxylic acids is 1. The molecule has 1 amide bonds. The predicted octanol–water partition coefficient (Wildman–Crippen LogP) is 0.990. The third-order valence-electron chi connectivity index (χ3n) is 4.29. The van der Waals surface area contributed by atoms with Gasteiger partial charge in [-0.1, -0.05) is 12.5 Å². The highest BCUT2D eigenvalue weighted by molar-refractivity contribution is 7.99. The van der Waals surface area contributed by atoms with Gasteiger partial charge >= 0.3 is 11.9 Å². The van der Waals surface area contributed by atoms with Gasteiger partial charge in [-0.05, 0) is 30.8 Å². The third kappa shape index (κ3) is 6.49. The Kier molecular flexibility index (Phi) is 8.55. The van der Waals surface area contributed by atoms with Crippen LogP contribution in [0.3, 0.4) is 0 Å². The molecule has 2 heterocycles. The molecule has 1 aromatic rings. The van der Waals surface area contributed by atoms with Gasteiger partial charge in [0.2, 0.25) is 5.91 Å². The number of thiophene rings is 1. The number of hydrogen-bond donors (Lipinski definition) is 4. The number of rotatable bonds is 10. The lowest BCUT2D eigenvalue weighted by molar-refractivity contribution is -0.146. The summed E-state index contributed by atoms with van der Waals surface area (Å²) in [7, 11) is 0. The normalized spacial score (nSPS) is 21.7. The molecule has 150 valence electrons. The lowest BCUT2D eigenvalue weighted by atomic mass is 10.1. The Balaban J connectivity index is 2.13. The van der Waals surface area contributed by atoms with Crippen molar-refractivity contribution < 1.29 is 24.6 Å². The molecule has 2 rings (SSSR count). The lowest BCUT2D eigenvalue weighted by Crippen LogP contribution is -2.53. The van der Waals surface area contributed by atoms with Gasteiger partial charge in [-0.3, -0.25) is 19.7 Å². The van der Waals surface area contributed by atoms with Crippen molar-refractivity contribution in [2.45, 2.75) is 36.6 Å². The number of hydrogen-bond acceptors (Lipinski definition) is 7. The van der Waals surface area contributed by atoms with Crippen LogP contribution in [0.2, 0.25) is 0 Å². The van der Waals surface area contributed by atoms with E-state index in [9.17, 15) is 19.5 Å². The summed E-state index contributed by atoms with van der Waals surface area (Å²) in [4.78, 5) is 38.0. The summed E-state index contributed by atoms with van der Waals surface area (Å²) in [5, 5.41) is 23.5. The summed E-state index contributed by atoms with van der Waals surface area (Å²) < 4.78 is 0. The number of nitrogens with two attached hydrogens (primary N) is 1. The first-order chi connectivity index (χ1) is 12.9. The van der Waals surface area contributed by atoms with Gasteiger partial charge in [0.1, 0.15) is 12.6 Å². The smallest absolute Gasteiger partial charge is 0.323 e. The Labute approximate surface area is 166 Å². The van der Waals surface area contributed by atoms with Crippen LogP contribution in [0.5, 0.6) is 0 Å². The van der Waals surface area contributed by atoms with Crippen LogP contribution in [0.1, 0.15) is 29.4 Å². The number of unbranched alkanes of at least 4 members (excludes halogenated alkanes) is 1. The molecular formula is C17H25N3O5S2. The van der Waals surface area contributed by atoms with Crippen LogP contribution in [0, 0.1) is 0 Å². The molecular weight excluding hydrogens is 390 g/mol. The Bertz CT molecular complexity index is 641. The minimum Gasteiger partial charge on any atom is -0.480 e. The lowest BCUT2D eigenvalue weighted by Gasteiger charge is -2.26. The first-order valence-corrected chi connectivity index (χ1v) is 10.7. The van der Waals surface area contributed by atoms with Crippen LogP contribution in [0.25, 0.3) is 0 Å². The van der Waals surface area contributed by atoms with Crippen molar-refractivity contribution >= 4 is 40.9 Å². The first-order valence-electron chi connectivity index (χ1n) is 8.77. The van der Waals surface area contributed by atoms with Gasteiger partial charge in [0.15, 0.2) is 0 Å². The molecule has 0 saturated carbocycles. The Morgan fingerprint density at radius 1 is 1.37 bits per heavy atom. The molecule has 1 saturated heterocycles. The van der Waals surface area contributed by atoms with Crippen molar-refractivity contribution in [3.63, 3.8) is 0 Å². The highest BCUT2D eigenvalue weighted by Gasteiger charge is 2.35. The molecule has 1 aliphatic rings. The summed E-state index contributed by atoms with van der Waals surface area (Å²) in [6.45, 7) is 0.378. The maximum Gasteiger partial charge on any atom is 0.323 e. The van der Waals surface area contributed by atoms with Gasteiger partial charge in [-0.15, -0.1) is 23.1 Å². The van der Waals surface area contributed by atoms with Crippen molar-refractivity contribution in [1.29, 1.82) is 0 Å². The van der Waals surface area contributed by atoms with Gasteiger partial charge in [-0.2, -0.15) is 0 Å². The van der Waals surface area contributed by atoms with E-state index in [4.69, 9.17) is 10.8 Å². The van der Waals surface area contributed by atoms with Crippen LogP contribution >= 0.6 is 23.1 Å². The van der Waals surface area contributed by atoms with E-state index in [1.54, 1.807) is 23.1 Å². The number of carbonyl (C=O) groups is 3. The SMILES string of the molecule is NCCCC[C@H](NC1CSC(c2cccs2)CN(CC(=O)O)C1=O)C(=O)O. The number of nitrogens with one attached hydrogen (secondary N) is 1. The van der Waals surface area contributed by atoms with Crippen LogP contribution in [0.4, 0.5) is 0 Å². The number of aliphatic carboxylic acids is 2. The monoisotopic (exact) mass is 415 g/mol. The van der Waals surface area contributed by atoms with Gasteiger partial charge in [0, 0.05) is 17.2 Å². The molecule has 10 heteroatoms. The van der Waals surface area contributed by atoms with Crippen molar-refractivity contribution in [2.24, 2.45) is 5.73 Å². The molecule has 3 atom stereocenters. The molecule has 1 aromatic heterocycles. The zero-order valence-electron chi connectivity index (χ0n) is 14.9. The zero-order chi connectivity index (χ0) is 19.8. The first kappa shape index (κ1) is 21.7. The van der Waals surface area contributed by atoms with E-state index < -0.39 is 30.6 Å². The standard InChI is InChI=1S/C17H25N3O5S2/c18-6-2-1-4-11(17(24)25)19-12-10-27-14(13-5-3-7-26-13)8-20(16(12)23)9-15(21)22/h3,5,7,11-12,14,19H,1-2,4,6,8-10,18H2,(H,21,22)(H,24,25)/t11-,12?,14?/m0/s1. The second-order valence-electron chi connectivity index (χ2n) is 6.34. The molecule has 1 fully saturated rings. The molecule has 0 bridgehead atoms. The zero-order valence-corrected chi connectivity index (χ0v) is 16.5. The van der Waals surface area contributed by atoms with Gasteiger partial charge < -0.3 is 20.8 Å². The summed E-state index contributed by atoms with van der Waals surface area (Å²) in [5.41, 5.74) is 5.46. The van der Waals surface area contributed by atoms with Gasteiger partial charge in [-0.25, -0.2) is 0 Å². The summed E-state index contributed by atoms with van der Waals surface area (Å²) in [6, 6.07) is 2.28. The summed E-state index contributed by atoms with van der Waals surface area (Å²) in [5.74, 6) is -2.09. The largest absolute Gasteiger partial charge is 0.480 e. The second-order valence-corrected chi connectivity index (χ2v) is 8.56. The molecule has 0 radical (unpaired) electrons. The van der Waals surface area contributed by atoms with E-state index >= 15 is 0 Å². The highest BCUT2D eigenvalue weighted by atomic mass is 32.2. The highest BCUT2D eigenvalue weighted by Crippen LogP contribution is 2.35. The average Bonchev–Trinajstić information content (AvgIpc) is 3.10. The van der Waals surface area contributed by atoms with Crippen LogP contribution in [-0.2, 0) is 14.4 Å². The number of thioether (sulfide) groups is 1. The third-order valence-corrected chi connectivity index (χ3v) is 6.76. The van der Waals surface area contributed by atoms with E-state index in [1.165, 1.54) is 4.90 Å². The fourth-order valence-corrected chi connectivity index (χ4v) is 5.19. The van der Waals surface area contributed by atoms with E-state index in [0.717, 1.165) is 4.88 Å². The predicted molar refractivity (Wildman–Crippen MR) is 105 cm³/mol. The number of carboxylic acids is 2. The molecule has 0 aromatic carbocycles. The van der Waals surface area contributed by atoms with E-state index in [-0.39, 0.29) is 11.2 Å². The maximum absolute atomic E-state index is 12.9. The summed E-state index contributed by atoms with van der Waals surface area (Å²) in [6.07, 6.45) is 1.73. The Morgan fingerprint density at radius 3 is 2.74 bits per heavy atom. The van der Waals surface area contributed by atoms with Crippen LogP contribution in [0.15, 0.2) is 17.5 Å². The fourth-order valence-electron chi connectivity index (χ4n) is 2.93. The van der Waals surface area contributed by atoms with Gasteiger partial charge in [0.25, 0.3) is 0 Å². The molecule has 0 spiro atoms. The molecule has 2 unspecified atom stereocenters. The number of amides is 1. The fraction of sp³-hybridized carbons (Fsp3) is 0.588. The van der Waals surface area contributed by atoms with Gasteiger partial charge in [0.05, 0.1) is 11.3 Å². The molecule has 0 aliphatic carbocycles. The van der Waals surface area contributed by atoms with Crippen LogP contribution in [-0.4, -0.2) is 70.4 Å². The molecule has 8 nitrogen and oxygen atoms in total. The van der Waals surface area contributed by atoms with Crippen molar-refractivity contribution in [2.75, 3.05) is 25.4 Å². The van der Waals surface area contributed by atoms with E-state index in [0.29, 0.717) is 38.1 Å². The second kappa shape index (κ2) is 10.6. The van der Waals surface area contributed by atoms with Crippen molar-refractivity contribution in [1.82, 2.24) is 10.2 Å². The number of nitrogens with zero attached hydrogens (tertiary/aromatic N) is 1. The number of carboxylic acid groups (broad SMARTS) is 2. The minimum atomic E-state index is -1.09. The molecule has 27 heavy (non-hydrogen) atoms. The average molecular weight is 416 g/mol. The van der Waals surface area contributed by atoms with Crippen LogP contribution < -0.4 is 11.1 Å². The minimum absolute atomic E-state index is 0.0272. The summed E-state index contributed by atoms with van der Waals surface area (Å²) >= 11 is 3.11.